The van der Waals surface area contributed by atoms with Crippen LogP contribution in [0.4, 0.5) is 4.39 Å². The molecule has 0 saturated heterocycles. The summed E-state index contributed by atoms with van der Waals surface area (Å²) in [5, 5.41) is 12.7. The van der Waals surface area contributed by atoms with E-state index in [4.69, 9.17) is 15.7 Å². The van der Waals surface area contributed by atoms with Crippen molar-refractivity contribution >= 4 is 0 Å². The monoisotopic (exact) mass is 260 g/mol. The molecule has 0 radical (unpaired) electrons. The van der Waals surface area contributed by atoms with Gasteiger partial charge in [-0.1, -0.05) is 0 Å². The van der Waals surface area contributed by atoms with Crippen molar-refractivity contribution in [2.45, 2.75) is 6.10 Å². The van der Waals surface area contributed by atoms with Crippen LogP contribution in [0.25, 0.3) is 0 Å². The number of halogens is 1. The van der Waals surface area contributed by atoms with E-state index in [1.807, 2.05) is 0 Å². The number of benzene rings is 1. The molecule has 1 aromatic carbocycles. The molecule has 1 unspecified atom stereocenters. The van der Waals surface area contributed by atoms with Gasteiger partial charge in [-0.2, -0.15) is 10.4 Å². The van der Waals surface area contributed by atoms with Gasteiger partial charge < -0.3 is 10.5 Å². The highest BCUT2D eigenvalue weighted by molar-refractivity contribution is 5.36. The number of hydrogen-bond acceptors (Lipinski definition) is 4. The third kappa shape index (κ3) is 2.89. The van der Waals surface area contributed by atoms with Crippen LogP contribution >= 0.6 is 0 Å². The van der Waals surface area contributed by atoms with Crippen molar-refractivity contribution in [2.75, 3.05) is 6.54 Å². The van der Waals surface area contributed by atoms with Gasteiger partial charge in [0.2, 0.25) is 0 Å². The first-order chi connectivity index (χ1) is 9.13. The molecule has 2 N–H and O–H groups in total. The van der Waals surface area contributed by atoms with Crippen molar-refractivity contribution in [1.82, 2.24) is 9.78 Å². The van der Waals surface area contributed by atoms with Crippen LogP contribution < -0.4 is 10.5 Å². The van der Waals surface area contributed by atoms with Crippen molar-refractivity contribution in [2.24, 2.45) is 12.8 Å². The molecule has 0 amide bonds. The Morgan fingerprint density at radius 2 is 2.37 bits per heavy atom. The Kier molecular flexibility index (Phi) is 3.78. The number of ether oxygens (including phenoxy) is 1. The van der Waals surface area contributed by atoms with Crippen LogP contribution in [0.5, 0.6) is 5.75 Å². The number of aromatic nitrogens is 2. The molecule has 2 rings (SSSR count). The molecule has 0 fully saturated rings. The number of aryl methyl sites for hydroxylation is 1. The number of nitrogens with zero attached hydrogens (tertiary/aromatic N) is 3. The van der Waals surface area contributed by atoms with E-state index in [1.165, 1.54) is 12.1 Å². The molecule has 2 aromatic rings. The summed E-state index contributed by atoms with van der Waals surface area (Å²) < 4.78 is 20.7. The van der Waals surface area contributed by atoms with E-state index in [-0.39, 0.29) is 12.1 Å². The Morgan fingerprint density at radius 1 is 1.58 bits per heavy atom. The van der Waals surface area contributed by atoms with E-state index in [0.717, 1.165) is 5.56 Å². The van der Waals surface area contributed by atoms with Gasteiger partial charge in [-0.25, -0.2) is 4.39 Å². The van der Waals surface area contributed by atoms with Gasteiger partial charge in [-0.15, -0.1) is 0 Å². The number of hydrogen-bond donors (Lipinski definition) is 1. The fourth-order valence-electron chi connectivity index (χ4n) is 1.68. The average molecular weight is 260 g/mol. The normalized spacial score (nSPS) is 11.9. The topological polar surface area (TPSA) is 76.9 Å². The summed E-state index contributed by atoms with van der Waals surface area (Å²) in [6, 6.07) is 5.85. The quantitative estimate of drug-likeness (QED) is 0.904. The number of rotatable bonds is 4. The Bertz CT molecular complexity index is 617. The van der Waals surface area contributed by atoms with Gasteiger partial charge in [-0.05, 0) is 12.1 Å². The van der Waals surface area contributed by atoms with Gasteiger partial charge in [-0.3, -0.25) is 4.68 Å². The van der Waals surface area contributed by atoms with Gasteiger partial charge in [0.1, 0.15) is 23.7 Å². The molecule has 0 aliphatic carbocycles. The Balaban J connectivity index is 2.19. The predicted molar refractivity (Wildman–Crippen MR) is 66.7 cm³/mol. The molecule has 5 nitrogen and oxygen atoms in total. The van der Waals surface area contributed by atoms with E-state index in [9.17, 15) is 4.39 Å². The summed E-state index contributed by atoms with van der Waals surface area (Å²) in [6.45, 7) is 0.243. The maximum absolute atomic E-state index is 13.5. The van der Waals surface area contributed by atoms with E-state index in [2.05, 4.69) is 5.10 Å². The van der Waals surface area contributed by atoms with E-state index in [0.29, 0.717) is 5.75 Å². The Labute approximate surface area is 110 Å². The SMILES string of the molecule is Cn1cc(C(CN)Oc2ccc(C#N)c(F)c2)cn1. The molecule has 0 aliphatic heterocycles. The van der Waals surface area contributed by atoms with Crippen LogP contribution in [0.3, 0.4) is 0 Å². The predicted octanol–water partition coefficient (Wildman–Crippen LogP) is 1.51. The summed E-state index contributed by atoms with van der Waals surface area (Å²) in [5.41, 5.74) is 6.45. The molecular formula is C13H13FN4O. The van der Waals surface area contributed by atoms with Crippen molar-refractivity contribution in [3.63, 3.8) is 0 Å². The highest BCUT2D eigenvalue weighted by Gasteiger charge is 2.14. The largest absolute Gasteiger partial charge is 0.484 e. The third-order valence-electron chi connectivity index (χ3n) is 2.65. The molecule has 98 valence electrons. The van der Waals surface area contributed by atoms with Crippen LogP contribution in [0.1, 0.15) is 17.2 Å². The van der Waals surface area contributed by atoms with Crippen molar-refractivity contribution in [3.05, 3.63) is 47.5 Å². The molecular weight excluding hydrogens is 247 g/mol. The van der Waals surface area contributed by atoms with E-state index >= 15 is 0 Å². The van der Waals surface area contributed by atoms with E-state index in [1.54, 1.807) is 36.3 Å². The first-order valence-corrected chi connectivity index (χ1v) is 5.69. The molecule has 6 heteroatoms. The summed E-state index contributed by atoms with van der Waals surface area (Å²) in [4.78, 5) is 0. The lowest BCUT2D eigenvalue weighted by atomic mass is 10.2. The molecule has 0 saturated carbocycles. The zero-order valence-electron chi connectivity index (χ0n) is 10.4. The van der Waals surface area contributed by atoms with Gasteiger partial charge in [0.15, 0.2) is 0 Å². The fraction of sp³-hybridized carbons (Fsp3) is 0.231. The fourth-order valence-corrected chi connectivity index (χ4v) is 1.68. The lowest BCUT2D eigenvalue weighted by Gasteiger charge is -2.16. The Hall–Kier alpha value is -2.39. The zero-order chi connectivity index (χ0) is 13.8. The minimum atomic E-state index is -0.609. The summed E-state index contributed by atoms with van der Waals surface area (Å²) in [7, 11) is 1.79. The van der Waals surface area contributed by atoms with Gasteiger partial charge in [0.05, 0.1) is 11.8 Å². The minimum Gasteiger partial charge on any atom is -0.484 e. The summed E-state index contributed by atoms with van der Waals surface area (Å²) >= 11 is 0. The van der Waals surface area contributed by atoms with Crippen LogP contribution in [-0.2, 0) is 7.05 Å². The van der Waals surface area contributed by atoms with Gasteiger partial charge >= 0.3 is 0 Å². The second-order valence-corrected chi connectivity index (χ2v) is 4.04. The highest BCUT2D eigenvalue weighted by atomic mass is 19.1. The molecule has 19 heavy (non-hydrogen) atoms. The first kappa shape index (κ1) is 13.1. The summed E-state index contributed by atoms with van der Waals surface area (Å²) in [6.07, 6.45) is 3.04. The van der Waals surface area contributed by atoms with Crippen molar-refractivity contribution < 1.29 is 9.13 Å². The number of nitriles is 1. The maximum atomic E-state index is 13.5. The molecule has 0 bridgehead atoms. The van der Waals surface area contributed by atoms with Gasteiger partial charge in [0, 0.05) is 31.4 Å². The minimum absolute atomic E-state index is 0.0157. The van der Waals surface area contributed by atoms with Crippen LogP contribution in [0.15, 0.2) is 30.6 Å². The lowest BCUT2D eigenvalue weighted by molar-refractivity contribution is 0.213. The van der Waals surface area contributed by atoms with Crippen LogP contribution in [0, 0.1) is 17.1 Å². The van der Waals surface area contributed by atoms with E-state index < -0.39 is 11.9 Å². The van der Waals surface area contributed by atoms with Crippen molar-refractivity contribution in [1.29, 1.82) is 5.26 Å². The standard InChI is InChI=1S/C13H13FN4O/c1-18-8-10(7-17-18)13(6-16)19-11-3-2-9(5-15)12(14)4-11/h2-4,7-8,13H,6,16H2,1H3. The molecule has 0 spiro atoms. The van der Waals surface area contributed by atoms with Crippen LogP contribution in [-0.4, -0.2) is 16.3 Å². The Morgan fingerprint density at radius 3 is 2.89 bits per heavy atom. The smallest absolute Gasteiger partial charge is 0.144 e. The molecule has 1 atom stereocenters. The number of nitrogens with two attached hydrogens (primary N) is 1. The second kappa shape index (κ2) is 5.50. The lowest BCUT2D eigenvalue weighted by Crippen LogP contribution is -2.18. The molecule has 0 aliphatic rings. The maximum Gasteiger partial charge on any atom is 0.144 e. The van der Waals surface area contributed by atoms with Crippen molar-refractivity contribution in [3.8, 4) is 11.8 Å². The average Bonchev–Trinajstić information content (AvgIpc) is 2.82. The first-order valence-electron chi connectivity index (χ1n) is 5.69. The summed E-state index contributed by atoms with van der Waals surface area (Å²) in [5.74, 6) is -0.280. The molecule has 1 heterocycles. The molecule has 1 aromatic heterocycles. The highest BCUT2D eigenvalue weighted by Crippen LogP contribution is 2.22. The zero-order valence-corrected chi connectivity index (χ0v) is 10.4. The van der Waals surface area contributed by atoms with Gasteiger partial charge in [0.25, 0.3) is 0 Å². The van der Waals surface area contributed by atoms with Crippen LogP contribution in [0.2, 0.25) is 0 Å². The third-order valence-corrected chi connectivity index (χ3v) is 2.65. The second-order valence-electron chi connectivity index (χ2n) is 4.04.